The zero-order valence-electron chi connectivity index (χ0n) is 13.8. The van der Waals surface area contributed by atoms with Crippen molar-refractivity contribution in [2.45, 2.75) is 38.6 Å². The number of carbonyl (C=O) groups is 1. The number of carbonyl (C=O) groups excluding carboxylic acids is 1. The van der Waals surface area contributed by atoms with Gasteiger partial charge in [-0.1, -0.05) is 13.0 Å². The SMILES string of the molecule is CCC1CCCCN1c1cncc(C(=O)Nc2cccc(F)c2)c1. The first kappa shape index (κ1) is 16.4. The molecular weight excluding hydrogens is 305 g/mol. The number of halogens is 1. The summed E-state index contributed by atoms with van der Waals surface area (Å²) in [4.78, 5) is 19.0. The minimum atomic E-state index is -0.376. The molecule has 2 aromatic rings. The Morgan fingerprint density at radius 1 is 1.33 bits per heavy atom. The van der Waals surface area contributed by atoms with Crippen LogP contribution in [0.25, 0.3) is 0 Å². The fraction of sp³-hybridized carbons (Fsp3) is 0.368. The highest BCUT2D eigenvalue weighted by Crippen LogP contribution is 2.26. The van der Waals surface area contributed by atoms with E-state index in [9.17, 15) is 9.18 Å². The van der Waals surface area contributed by atoms with Crippen molar-refractivity contribution in [1.82, 2.24) is 4.98 Å². The van der Waals surface area contributed by atoms with E-state index in [0.29, 0.717) is 17.3 Å². The zero-order valence-corrected chi connectivity index (χ0v) is 13.8. The highest BCUT2D eigenvalue weighted by Gasteiger charge is 2.22. The van der Waals surface area contributed by atoms with Crippen LogP contribution >= 0.6 is 0 Å². The van der Waals surface area contributed by atoms with Gasteiger partial charge in [0.1, 0.15) is 5.82 Å². The Kier molecular flexibility index (Phi) is 5.08. The molecule has 0 aliphatic carbocycles. The van der Waals surface area contributed by atoms with Crippen LogP contribution in [0.4, 0.5) is 15.8 Å². The van der Waals surface area contributed by atoms with Crippen LogP contribution in [0.3, 0.4) is 0 Å². The van der Waals surface area contributed by atoms with E-state index in [2.05, 4.69) is 22.1 Å². The van der Waals surface area contributed by atoms with Crippen LogP contribution in [0.5, 0.6) is 0 Å². The van der Waals surface area contributed by atoms with Gasteiger partial charge in [0.15, 0.2) is 0 Å². The maximum Gasteiger partial charge on any atom is 0.257 e. The van der Waals surface area contributed by atoms with Crippen LogP contribution in [0.2, 0.25) is 0 Å². The van der Waals surface area contributed by atoms with Crippen LogP contribution in [0, 0.1) is 5.82 Å². The fourth-order valence-electron chi connectivity index (χ4n) is 3.24. The van der Waals surface area contributed by atoms with Crippen LogP contribution in [-0.4, -0.2) is 23.5 Å². The van der Waals surface area contributed by atoms with Crippen molar-refractivity contribution in [3.8, 4) is 0 Å². The number of nitrogens with one attached hydrogen (secondary N) is 1. The number of pyridine rings is 1. The molecule has 1 aromatic carbocycles. The third-order valence-electron chi connectivity index (χ3n) is 4.50. The molecule has 1 aliphatic heterocycles. The van der Waals surface area contributed by atoms with Crippen molar-refractivity contribution in [3.05, 3.63) is 54.1 Å². The highest BCUT2D eigenvalue weighted by molar-refractivity contribution is 6.04. The number of piperidine rings is 1. The molecule has 5 heteroatoms. The van der Waals surface area contributed by atoms with Gasteiger partial charge in [-0.3, -0.25) is 9.78 Å². The van der Waals surface area contributed by atoms with Crippen molar-refractivity contribution in [3.63, 3.8) is 0 Å². The van der Waals surface area contributed by atoms with Gasteiger partial charge in [0, 0.05) is 24.5 Å². The largest absolute Gasteiger partial charge is 0.367 e. The number of nitrogens with zero attached hydrogens (tertiary/aromatic N) is 2. The van der Waals surface area contributed by atoms with Crippen molar-refractivity contribution in [2.24, 2.45) is 0 Å². The van der Waals surface area contributed by atoms with E-state index < -0.39 is 0 Å². The molecule has 0 saturated carbocycles. The fourth-order valence-corrected chi connectivity index (χ4v) is 3.24. The summed E-state index contributed by atoms with van der Waals surface area (Å²) in [5.41, 5.74) is 1.90. The first-order valence-electron chi connectivity index (χ1n) is 8.46. The van der Waals surface area contributed by atoms with Gasteiger partial charge in [-0.2, -0.15) is 0 Å². The lowest BCUT2D eigenvalue weighted by molar-refractivity contribution is 0.102. The van der Waals surface area contributed by atoms with E-state index in [1.165, 1.54) is 25.0 Å². The second-order valence-corrected chi connectivity index (χ2v) is 6.15. The molecule has 24 heavy (non-hydrogen) atoms. The Labute approximate surface area is 141 Å². The van der Waals surface area contributed by atoms with Gasteiger partial charge in [0.2, 0.25) is 0 Å². The minimum absolute atomic E-state index is 0.278. The van der Waals surface area contributed by atoms with E-state index in [4.69, 9.17) is 0 Å². The number of hydrogen-bond acceptors (Lipinski definition) is 3. The average molecular weight is 327 g/mol. The highest BCUT2D eigenvalue weighted by atomic mass is 19.1. The number of benzene rings is 1. The van der Waals surface area contributed by atoms with Crippen LogP contribution in [-0.2, 0) is 0 Å². The first-order chi connectivity index (χ1) is 11.7. The van der Waals surface area contributed by atoms with Gasteiger partial charge < -0.3 is 10.2 Å². The second kappa shape index (κ2) is 7.43. The number of anilines is 2. The van der Waals surface area contributed by atoms with E-state index in [1.807, 2.05) is 12.3 Å². The molecule has 0 radical (unpaired) electrons. The maximum atomic E-state index is 13.2. The van der Waals surface area contributed by atoms with Gasteiger partial charge in [-0.05, 0) is 49.9 Å². The average Bonchev–Trinajstić information content (AvgIpc) is 2.62. The molecule has 0 spiro atoms. The summed E-state index contributed by atoms with van der Waals surface area (Å²) in [7, 11) is 0. The third kappa shape index (κ3) is 3.72. The summed E-state index contributed by atoms with van der Waals surface area (Å²) in [5, 5.41) is 2.72. The molecule has 1 N–H and O–H groups in total. The second-order valence-electron chi connectivity index (χ2n) is 6.15. The Bertz CT molecular complexity index is 719. The molecule has 1 amide bonds. The quantitative estimate of drug-likeness (QED) is 0.913. The first-order valence-corrected chi connectivity index (χ1v) is 8.46. The Morgan fingerprint density at radius 2 is 2.21 bits per heavy atom. The van der Waals surface area contributed by atoms with Crippen LogP contribution < -0.4 is 10.2 Å². The van der Waals surface area contributed by atoms with Crippen molar-refractivity contribution >= 4 is 17.3 Å². The maximum absolute atomic E-state index is 13.2. The lowest BCUT2D eigenvalue weighted by atomic mass is 9.99. The summed E-state index contributed by atoms with van der Waals surface area (Å²) in [5.74, 6) is -0.654. The van der Waals surface area contributed by atoms with E-state index in [1.54, 1.807) is 18.3 Å². The summed E-state index contributed by atoms with van der Waals surface area (Å²) >= 11 is 0. The molecule has 2 heterocycles. The van der Waals surface area contributed by atoms with Crippen molar-refractivity contribution in [2.75, 3.05) is 16.8 Å². The Morgan fingerprint density at radius 3 is 3.00 bits per heavy atom. The molecule has 126 valence electrons. The van der Waals surface area contributed by atoms with Gasteiger partial charge >= 0.3 is 0 Å². The molecule has 1 unspecified atom stereocenters. The molecule has 3 rings (SSSR count). The summed E-state index contributed by atoms with van der Waals surface area (Å²) in [6.45, 7) is 3.19. The van der Waals surface area contributed by atoms with Gasteiger partial charge in [-0.25, -0.2) is 4.39 Å². The number of rotatable bonds is 4. The van der Waals surface area contributed by atoms with Gasteiger partial charge in [0.25, 0.3) is 5.91 Å². The van der Waals surface area contributed by atoms with Crippen molar-refractivity contribution in [1.29, 1.82) is 0 Å². The Balaban J connectivity index is 1.78. The summed E-state index contributed by atoms with van der Waals surface area (Å²) < 4.78 is 13.2. The molecule has 0 bridgehead atoms. The normalized spacial score (nSPS) is 17.6. The molecule has 4 nitrogen and oxygen atoms in total. The van der Waals surface area contributed by atoms with E-state index in [0.717, 1.165) is 25.1 Å². The van der Waals surface area contributed by atoms with Gasteiger partial charge in [0.05, 0.1) is 17.4 Å². The molecule has 1 saturated heterocycles. The van der Waals surface area contributed by atoms with Crippen LogP contribution in [0.15, 0.2) is 42.7 Å². The number of amides is 1. The smallest absolute Gasteiger partial charge is 0.257 e. The molecule has 1 aliphatic rings. The molecule has 1 aromatic heterocycles. The molecule has 1 fully saturated rings. The van der Waals surface area contributed by atoms with E-state index >= 15 is 0 Å². The minimum Gasteiger partial charge on any atom is -0.367 e. The topological polar surface area (TPSA) is 45.2 Å². The van der Waals surface area contributed by atoms with E-state index in [-0.39, 0.29) is 11.7 Å². The zero-order chi connectivity index (χ0) is 16.9. The number of hydrogen-bond donors (Lipinski definition) is 1. The summed E-state index contributed by atoms with van der Waals surface area (Å²) in [6.07, 6.45) is 8.03. The standard InChI is InChI=1S/C19H22FN3O/c1-2-17-8-3-4-9-23(17)18-10-14(12-21-13-18)19(24)22-16-7-5-6-15(20)11-16/h5-7,10-13,17H,2-4,8-9H2,1H3,(H,22,24). The predicted molar refractivity (Wildman–Crippen MR) is 93.9 cm³/mol. The Hall–Kier alpha value is -2.43. The number of aromatic nitrogens is 1. The monoisotopic (exact) mass is 327 g/mol. The van der Waals surface area contributed by atoms with Crippen molar-refractivity contribution < 1.29 is 9.18 Å². The van der Waals surface area contributed by atoms with Crippen LogP contribution in [0.1, 0.15) is 43.0 Å². The predicted octanol–water partition coefficient (Wildman–Crippen LogP) is 4.24. The molecular formula is C19H22FN3O. The molecule has 1 atom stereocenters. The summed E-state index contributed by atoms with van der Waals surface area (Å²) in [6, 6.07) is 8.25. The lowest BCUT2D eigenvalue weighted by Crippen LogP contribution is -2.39. The third-order valence-corrected chi connectivity index (χ3v) is 4.50. The van der Waals surface area contributed by atoms with Gasteiger partial charge in [-0.15, -0.1) is 0 Å². The lowest BCUT2D eigenvalue weighted by Gasteiger charge is -2.37.